The number of ether oxygens (including phenoxy) is 1. The second-order valence-corrected chi connectivity index (χ2v) is 9.37. The summed E-state index contributed by atoms with van der Waals surface area (Å²) in [5.41, 5.74) is 2.38. The van der Waals surface area contributed by atoms with Gasteiger partial charge in [-0.3, -0.25) is 9.36 Å². The Labute approximate surface area is 204 Å². The van der Waals surface area contributed by atoms with Gasteiger partial charge in [-0.05, 0) is 54.0 Å². The quantitative estimate of drug-likeness (QED) is 0.394. The number of halogens is 1. The number of nitrogens with zero attached hydrogens (tertiary/aromatic N) is 2. The summed E-state index contributed by atoms with van der Waals surface area (Å²) in [6.45, 7) is 3.79. The van der Waals surface area contributed by atoms with Crippen LogP contribution in [0.15, 0.2) is 87.8 Å². The van der Waals surface area contributed by atoms with Crippen molar-refractivity contribution in [2.75, 3.05) is 6.61 Å². The number of esters is 1. The Kier molecular flexibility index (Phi) is 5.94. The molecule has 0 amide bonds. The predicted octanol–water partition coefficient (Wildman–Crippen LogP) is 4.60. The molecular formula is C27H21ClN2O3S. The van der Waals surface area contributed by atoms with Gasteiger partial charge >= 0.3 is 5.97 Å². The fourth-order valence-electron chi connectivity index (χ4n) is 4.32. The van der Waals surface area contributed by atoms with Gasteiger partial charge in [-0.25, -0.2) is 9.79 Å². The summed E-state index contributed by atoms with van der Waals surface area (Å²) in [5, 5.41) is 2.59. The van der Waals surface area contributed by atoms with Gasteiger partial charge in [0.2, 0.25) is 0 Å². The third-order valence-corrected chi connectivity index (χ3v) is 7.00. The first-order chi connectivity index (χ1) is 16.5. The highest BCUT2D eigenvalue weighted by Crippen LogP contribution is 2.34. The minimum Gasteiger partial charge on any atom is -0.463 e. The third-order valence-electron chi connectivity index (χ3n) is 5.78. The molecule has 0 saturated carbocycles. The molecule has 3 aromatic carbocycles. The second-order valence-electron chi connectivity index (χ2n) is 7.93. The zero-order chi connectivity index (χ0) is 23.8. The Bertz CT molecular complexity index is 1640. The van der Waals surface area contributed by atoms with Crippen LogP contribution in [0.5, 0.6) is 0 Å². The molecule has 1 aromatic heterocycles. The molecule has 1 aliphatic heterocycles. The van der Waals surface area contributed by atoms with Gasteiger partial charge in [0.1, 0.15) is 0 Å². The fraction of sp³-hybridized carbons (Fsp3) is 0.148. The van der Waals surface area contributed by atoms with Crippen molar-refractivity contribution in [3.63, 3.8) is 0 Å². The van der Waals surface area contributed by atoms with Crippen LogP contribution in [-0.2, 0) is 9.53 Å². The molecule has 0 spiro atoms. The van der Waals surface area contributed by atoms with E-state index < -0.39 is 12.0 Å². The second kappa shape index (κ2) is 9.05. The largest absolute Gasteiger partial charge is 0.463 e. The van der Waals surface area contributed by atoms with Gasteiger partial charge in [-0.1, -0.05) is 77.5 Å². The summed E-state index contributed by atoms with van der Waals surface area (Å²) in [7, 11) is 0. The van der Waals surface area contributed by atoms with E-state index in [1.54, 1.807) is 36.6 Å². The molecule has 2 heterocycles. The summed E-state index contributed by atoms with van der Waals surface area (Å²) in [6.07, 6.45) is 1.80. The number of carbonyl (C=O) groups is 1. The molecular weight excluding hydrogens is 468 g/mol. The standard InChI is InChI=1S/C27H21ClN2O3S/c1-3-33-26(32)23-16(2)29-27-30(24(23)21-13-7-10-18-9-4-5-12-20(18)21)25(31)22(34-27)15-17-8-6-11-19(28)14-17/h4-15,24H,3H2,1-2H3/b22-15+. The van der Waals surface area contributed by atoms with Gasteiger partial charge in [-0.2, -0.15) is 0 Å². The van der Waals surface area contributed by atoms with Crippen LogP contribution < -0.4 is 14.9 Å². The third kappa shape index (κ3) is 3.89. The molecule has 170 valence electrons. The zero-order valence-corrected chi connectivity index (χ0v) is 20.2. The van der Waals surface area contributed by atoms with Gasteiger partial charge in [0.05, 0.1) is 28.5 Å². The molecule has 0 radical (unpaired) electrons. The molecule has 1 unspecified atom stereocenters. The highest BCUT2D eigenvalue weighted by atomic mass is 35.5. The van der Waals surface area contributed by atoms with E-state index in [4.69, 9.17) is 16.3 Å². The minimum atomic E-state index is -0.650. The van der Waals surface area contributed by atoms with Gasteiger partial charge in [0.25, 0.3) is 5.56 Å². The summed E-state index contributed by atoms with van der Waals surface area (Å²) in [6, 6.07) is 20.5. The summed E-state index contributed by atoms with van der Waals surface area (Å²) in [5.74, 6) is -0.467. The lowest BCUT2D eigenvalue weighted by atomic mass is 9.91. The summed E-state index contributed by atoms with van der Waals surface area (Å²) >= 11 is 7.43. The normalized spacial score (nSPS) is 15.9. The van der Waals surface area contributed by atoms with Crippen LogP contribution in [0.2, 0.25) is 5.02 Å². The fourth-order valence-corrected chi connectivity index (χ4v) is 5.57. The Balaban J connectivity index is 1.81. The molecule has 0 fully saturated rings. The average Bonchev–Trinajstić information content (AvgIpc) is 3.12. The van der Waals surface area contributed by atoms with Crippen molar-refractivity contribution in [2.24, 2.45) is 4.99 Å². The maximum atomic E-state index is 13.7. The minimum absolute atomic E-state index is 0.212. The molecule has 0 N–H and O–H groups in total. The monoisotopic (exact) mass is 488 g/mol. The number of benzene rings is 3. The van der Waals surface area contributed by atoms with Crippen LogP contribution in [0.4, 0.5) is 0 Å². The van der Waals surface area contributed by atoms with Crippen molar-refractivity contribution in [3.05, 3.63) is 114 Å². The number of fused-ring (bicyclic) bond motifs is 2. The van der Waals surface area contributed by atoms with Crippen LogP contribution in [-0.4, -0.2) is 17.1 Å². The topological polar surface area (TPSA) is 60.7 Å². The molecule has 0 bridgehead atoms. The van der Waals surface area contributed by atoms with E-state index in [1.807, 2.05) is 54.6 Å². The van der Waals surface area contributed by atoms with Crippen LogP contribution in [0.3, 0.4) is 0 Å². The average molecular weight is 489 g/mol. The molecule has 34 heavy (non-hydrogen) atoms. The maximum absolute atomic E-state index is 13.7. The van der Waals surface area contributed by atoms with Crippen molar-refractivity contribution in [3.8, 4) is 0 Å². The van der Waals surface area contributed by atoms with Gasteiger partial charge in [0.15, 0.2) is 4.80 Å². The van der Waals surface area contributed by atoms with Crippen molar-refractivity contribution < 1.29 is 9.53 Å². The van der Waals surface area contributed by atoms with Crippen LogP contribution in [0, 0.1) is 0 Å². The van der Waals surface area contributed by atoms with E-state index in [9.17, 15) is 9.59 Å². The van der Waals surface area contributed by atoms with E-state index in [-0.39, 0.29) is 12.2 Å². The summed E-state index contributed by atoms with van der Waals surface area (Å²) < 4.78 is 7.53. The lowest BCUT2D eigenvalue weighted by molar-refractivity contribution is -0.139. The SMILES string of the molecule is CCOC(=O)C1=C(C)N=c2s/c(=C/c3cccc(Cl)c3)c(=O)n2C1c1cccc2ccccc12. The van der Waals surface area contributed by atoms with Crippen molar-refractivity contribution in [1.82, 2.24) is 4.57 Å². The maximum Gasteiger partial charge on any atom is 0.338 e. The summed E-state index contributed by atoms with van der Waals surface area (Å²) in [4.78, 5) is 32.0. The molecule has 1 aliphatic rings. The lowest BCUT2D eigenvalue weighted by Crippen LogP contribution is -2.40. The number of aromatic nitrogens is 1. The van der Waals surface area contributed by atoms with E-state index in [1.165, 1.54) is 11.3 Å². The molecule has 7 heteroatoms. The van der Waals surface area contributed by atoms with Crippen LogP contribution >= 0.6 is 22.9 Å². The van der Waals surface area contributed by atoms with Crippen LogP contribution in [0.1, 0.15) is 31.0 Å². The molecule has 5 nitrogen and oxygen atoms in total. The molecule has 5 rings (SSSR count). The number of rotatable bonds is 4. The van der Waals surface area contributed by atoms with E-state index in [2.05, 4.69) is 4.99 Å². The first-order valence-electron chi connectivity index (χ1n) is 10.9. The zero-order valence-electron chi connectivity index (χ0n) is 18.6. The Morgan fingerprint density at radius 3 is 2.71 bits per heavy atom. The number of hydrogen-bond acceptors (Lipinski definition) is 5. The number of hydrogen-bond donors (Lipinski definition) is 0. The van der Waals surface area contributed by atoms with E-state index in [0.717, 1.165) is 21.9 Å². The van der Waals surface area contributed by atoms with Gasteiger partial charge < -0.3 is 4.74 Å². The number of allylic oxidation sites excluding steroid dienone is 1. The molecule has 0 saturated heterocycles. The van der Waals surface area contributed by atoms with Crippen LogP contribution in [0.25, 0.3) is 16.8 Å². The number of thiazole rings is 1. The lowest BCUT2D eigenvalue weighted by Gasteiger charge is -2.25. The Morgan fingerprint density at radius 2 is 1.91 bits per heavy atom. The molecule has 4 aromatic rings. The van der Waals surface area contributed by atoms with E-state index in [0.29, 0.717) is 25.6 Å². The Hall–Kier alpha value is -3.48. The van der Waals surface area contributed by atoms with Gasteiger partial charge in [-0.15, -0.1) is 0 Å². The number of carbonyl (C=O) groups excluding carboxylic acids is 1. The van der Waals surface area contributed by atoms with Gasteiger partial charge in [0, 0.05) is 5.02 Å². The highest BCUT2D eigenvalue weighted by Gasteiger charge is 2.34. The van der Waals surface area contributed by atoms with Crippen molar-refractivity contribution >= 4 is 45.8 Å². The predicted molar refractivity (Wildman–Crippen MR) is 136 cm³/mol. The smallest absolute Gasteiger partial charge is 0.338 e. The van der Waals surface area contributed by atoms with Crippen molar-refractivity contribution in [1.29, 1.82) is 0 Å². The first-order valence-corrected chi connectivity index (χ1v) is 12.1. The Morgan fingerprint density at radius 1 is 1.15 bits per heavy atom. The molecule has 0 aliphatic carbocycles. The van der Waals surface area contributed by atoms with Crippen molar-refractivity contribution in [2.45, 2.75) is 19.9 Å². The molecule has 1 atom stereocenters. The van der Waals surface area contributed by atoms with E-state index >= 15 is 0 Å². The highest BCUT2D eigenvalue weighted by molar-refractivity contribution is 7.07. The first kappa shape index (κ1) is 22.3.